The van der Waals surface area contributed by atoms with Crippen molar-refractivity contribution in [3.8, 4) is 5.75 Å². The molecule has 1 amide bonds. The van der Waals surface area contributed by atoms with Crippen LogP contribution < -0.4 is 4.74 Å². The molecule has 2 heterocycles. The number of rotatable bonds is 4. The summed E-state index contributed by atoms with van der Waals surface area (Å²) >= 11 is 1.95. The van der Waals surface area contributed by atoms with Crippen molar-refractivity contribution in [1.82, 2.24) is 9.88 Å². The first kappa shape index (κ1) is 15.2. The molecular weight excluding hydrogens is 272 g/mol. The predicted octanol–water partition coefficient (Wildman–Crippen LogP) is 2.84. The molecule has 0 aliphatic carbocycles. The summed E-state index contributed by atoms with van der Waals surface area (Å²) in [6.45, 7) is 3.83. The highest BCUT2D eigenvalue weighted by atomic mass is 32.2. The van der Waals surface area contributed by atoms with Gasteiger partial charge in [0, 0.05) is 30.6 Å². The van der Waals surface area contributed by atoms with Gasteiger partial charge in [0.2, 0.25) is 0 Å². The van der Waals surface area contributed by atoms with Crippen molar-refractivity contribution in [3.63, 3.8) is 0 Å². The molecule has 1 aliphatic rings. The maximum absolute atomic E-state index is 12.6. The van der Waals surface area contributed by atoms with Crippen molar-refractivity contribution in [2.24, 2.45) is 0 Å². The Morgan fingerprint density at radius 2 is 2.40 bits per heavy atom. The molecule has 2 rings (SSSR count). The van der Waals surface area contributed by atoms with E-state index in [2.05, 4.69) is 11.9 Å². The Kier molecular flexibility index (Phi) is 5.71. The Morgan fingerprint density at radius 3 is 3.15 bits per heavy atom. The van der Waals surface area contributed by atoms with Crippen LogP contribution in [-0.4, -0.2) is 47.0 Å². The smallest absolute Gasteiger partial charge is 0.272 e. The number of ether oxygens (including phenoxy) is 1. The van der Waals surface area contributed by atoms with Gasteiger partial charge in [0.05, 0.1) is 7.11 Å². The van der Waals surface area contributed by atoms with Gasteiger partial charge in [0.25, 0.3) is 5.91 Å². The number of carbonyl (C=O) groups excluding carboxylic acids is 1. The lowest BCUT2D eigenvalue weighted by Crippen LogP contribution is -2.36. The minimum absolute atomic E-state index is 0.0208. The van der Waals surface area contributed by atoms with Crippen LogP contribution in [0.5, 0.6) is 5.75 Å². The van der Waals surface area contributed by atoms with Gasteiger partial charge in [-0.25, -0.2) is 0 Å². The second-order valence-corrected chi connectivity index (χ2v) is 6.48. The maximum atomic E-state index is 12.6. The molecule has 4 nitrogen and oxygen atoms in total. The highest BCUT2D eigenvalue weighted by molar-refractivity contribution is 7.99. The molecule has 0 radical (unpaired) electrons. The van der Waals surface area contributed by atoms with Crippen LogP contribution in [0.4, 0.5) is 0 Å². The first-order valence-electron chi connectivity index (χ1n) is 7.15. The van der Waals surface area contributed by atoms with Crippen molar-refractivity contribution in [2.75, 3.05) is 26.0 Å². The first-order valence-corrected chi connectivity index (χ1v) is 8.20. The summed E-state index contributed by atoms with van der Waals surface area (Å²) in [5, 5.41) is 0.553. The van der Waals surface area contributed by atoms with E-state index in [0.29, 0.717) is 16.7 Å². The maximum Gasteiger partial charge on any atom is 0.272 e. The Balaban J connectivity index is 2.09. The normalized spacial score (nSPS) is 19.5. The van der Waals surface area contributed by atoms with Crippen LogP contribution in [0, 0.1) is 0 Å². The number of hydrogen-bond acceptors (Lipinski definition) is 4. The average Bonchev–Trinajstić information content (AvgIpc) is 2.72. The summed E-state index contributed by atoms with van der Waals surface area (Å²) in [5.74, 6) is 1.80. The molecule has 110 valence electrons. The van der Waals surface area contributed by atoms with Crippen LogP contribution in [0.3, 0.4) is 0 Å². The van der Waals surface area contributed by atoms with E-state index in [0.717, 1.165) is 25.3 Å². The second-order valence-electron chi connectivity index (χ2n) is 4.91. The molecule has 0 N–H and O–H groups in total. The van der Waals surface area contributed by atoms with Gasteiger partial charge in [-0.2, -0.15) is 11.8 Å². The Morgan fingerprint density at radius 1 is 1.55 bits per heavy atom. The third kappa shape index (κ3) is 3.88. The van der Waals surface area contributed by atoms with E-state index in [1.807, 2.05) is 16.7 Å². The zero-order chi connectivity index (χ0) is 14.4. The molecule has 1 aromatic heterocycles. The largest absolute Gasteiger partial charge is 0.497 e. The molecule has 0 bridgehead atoms. The third-order valence-electron chi connectivity index (χ3n) is 3.50. The van der Waals surface area contributed by atoms with Crippen molar-refractivity contribution in [3.05, 3.63) is 24.0 Å². The monoisotopic (exact) mass is 294 g/mol. The van der Waals surface area contributed by atoms with E-state index in [9.17, 15) is 4.79 Å². The Bertz CT molecular complexity index is 453. The second kappa shape index (κ2) is 7.53. The molecule has 1 aromatic rings. The lowest BCUT2D eigenvalue weighted by molar-refractivity contribution is 0.0757. The van der Waals surface area contributed by atoms with Crippen LogP contribution in [0.2, 0.25) is 0 Å². The zero-order valence-corrected chi connectivity index (χ0v) is 13.0. The number of thioether (sulfide) groups is 1. The Hall–Kier alpha value is -1.23. The summed E-state index contributed by atoms with van der Waals surface area (Å²) < 4.78 is 5.16. The lowest BCUT2D eigenvalue weighted by Gasteiger charge is -2.23. The van der Waals surface area contributed by atoms with Crippen LogP contribution in [0.25, 0.3) is 0 Å². The van der Waals surface area contributed by atoms with Crippen molar-refractivity contribution in [1.29, 1.82) is 0 Å². The summed E-state index contributed by atoms with van der Waals surface area (Å²) in [6.07, 6.45) is 5.11. The lowest BCUT2D eigenvalue weighted by atomic mass is 10.2. The number of amides is 1. The van der Waals surface area contributed by atoms with Gasteiger partial charge in [-0.3, -0.25) is 9.78 Å². The SMILES string of the molecule is CCSC1CCCCN(C(=O)c2cc(OC)ccn2)C1. The fourth-order valence-corrected chi connectivity index (χ4v) is 3.57. The number of aromatic nitrogens is 1. The first-order chi connectivity index (χ1) is 9.74. The fourth-order valence-electron chi connectivity index (χ4n) is 2.48. The zero-order valence-electron chi connectivity index (χ0n) is 12.2. The van der Waals surface area contributed by atoms with Gasteiger partial charge in [-0.05, 0) is 24.7 Å². The van der Waals surface area contributed by atoms with E-state index in [1.54, 1.807) is 25.4 Å². The number of hydrogen-bond donors (Lipinski definition) is 0. The topological polar surface area (TPSA) is 42.4 Å². The highest BCUT2D eigenvalue weighted by Gasteiger charge is 2.23. The molecule has 1 unspecified atom stereocenters. The van der Waals surface area contributed by atoms with E-state index in [1.165, 1.54) is 12.8 Å². The number of pyridine rings is 1. The van der Waals surface area contributed by atoms with Crippen molar-refractivity contribution < 1.29 is 9.53 Å². The number of likely N-dealkylation sites (tertiary alicyclic amines) is 1. The minimum Gasteiger partial charge on any atom is -0.497 e. The average molecular weight is 294 g/mol. The molecular formula is C15H22N2O2S. The molecule has 0 spiro atoms. The standard InChI is InChI=1S/C15H22N2O2S/c1-3-20-13-6-4-5-9-17(11-13)15(18)14-10-12(19-2)7-8-16-14/h7-8,10,13H,3-6,9,11H2,1-2H3. The molecule has 1 atom stereocenters. The van der Waals surface area contributed by atoms with Gasteiger partial charge in [0.1, 0.15) is 11.4 Å². The third-order valence-corrected chi connectivity index (χ3v) is 4.69. The van der Waals surface area contributed by atoms with Gasteiger partial charge in [-0.1, -0.05) is 13.3 Å². The van der Waals surface area contributed by atoms with E-state index in [4.69, 9.17) is 4.74 Å². The van der Waals surface area contributed by atoms with Crippen LogP contribution >= 0.6 is 11.8 Å². The van der Waals surface area contributed by atoms with Gasteiger partial charge < -0.3 is 9.64 Å². The molecule has 1 fully saturated rings. The molecule has 5 heteroatoms. The number of nitrogens with zero attached hydrogens (tertiary/aromatic N) is 2. The van der Waals surface area contributed by atoms with Gasteiger partial charge in [0.15, 0.2) is 0 Å². The molecule has 1 saturated heterocycles. The summed E-state index contributed by atoms with van der Waals surface area (Å²) in [7, 11) is 1.60. The minimum atomic E-state index is 0.0208. The van der Waals surface area contributed by atoms with Crippen LogP contribution in [0.1, 0.15) is 36.7 Å². The van der Waals surface area contributed by atoms with E-state index in [-0.39, 0.29) is 5.91 Å². The van der Waals surface area contributed by atoms with Crippen LogP contribution in [0.15, 0.2) is 18.3 Å². The summed E-state index contributed by atoms with van der Waals surface area (Å²) in [4.78, 5) is 18.7. The predicted molar refractivity (Wildman–Crippen MR) is 82.5 cm³/mol. The van der Waals surface area contributed by atoms with Crippen molar-refractivity contribution in [2.45, 2.75) is 31.4 Å². The molecule has 1 aliphatic heterocycles. The van der Waals surface area contributed by atoms with Crippen LogP contribution in [-0.2, 0) is 0 Å². The van der Waals surface area contributed by atoms with Gasteiger partial charge >= 0.3 is 0 Å². The number of methoxy groups -OCH3 is 1. The van der Waals surface area contributed by atoms with Gasteiger partial charge in [-0.15, -0.1) is 0 Å². The Labute approximate surface area is 124 Å². The fraction of sp³-hybridized carbons (Fsp3) is 0.600. The van der Waals surface area contributed by atoms with Crippen molar-refractivity contribution >= 4 is 17.7 Å². The molecule has 0 aromatic carbocycles. The summed E-state index contributed by atoms with van der Waals surface area (Å²) in [5.41, 5.74) is 0.478. The molecule has 0 saturated carbocycles. The van der Waals surface area contributed by atoms with E-state index >= 15 is 0 Å². The number of carbonyl (C=O) groups is 1. The van der Waals surface area contributed by atoms with E-state index < -0.39 is 0 Å². The quantitative estimate of drug-likeness (QED) is 0.856. The highest BCUT2D eigenvalue weighted by Crippen LogP contribution is 2.23. The molecule has 20 heavy (non-hydrogen) atoms. The summed E-state index contributed by atoms with van der Waals surface area (Å²) in [6, 6.07) is 3.48.